The first kappa shape index (κ1) is 13.1. The molecule has 0 aromatic carbocycles. The van der Waals surface area contributed by atoms with Crippen LogP contribution < -0.4 is 5.32 Å². The number of aliphatic hydroxyl groups excluding tert-OH is 1. The second-order valence-corrected chi connectivity index (χ2v) is 5.17. The zero-order chi connectivity index (χ0) is 12.2. The third-order valence-electron chi connectivity index (χ3n) is 2.80. The van der Waals surface area contributed by atoms with Crippen molar-refractivity contribution in [3.8, 4) is 0 Å². The fourth-order valence-corrected chi connectivity index (χ4v) is 1.20. The van der Waals surface area contributed by atoms with Crippen LogP contribution >= 0.6 is 0 Å². The van der Waals surface area contributed by atoms with Crippen molar-refractivity contribution in [1.82, 2.24) is 20.3 Å². The van der Waals surface area contributed by atoms with E-state index >= 15 is 0 Å². The molecular formula is C11H22N4O. The maximum atomic E-state index is 8.75. The molecule has 0 fully saturated rings. The van der Waals surface area contributed by atoms with Crippen LogP contribution in [0.4, 0.5) is 0 Å². The maximum absolute atomic E-state index is 8.75. The van der Waals surface area contributed by atoms with Gasteiger partial charge in [0.2, 0.25) is 0 Å². The molecule has 1 aromatic heterocycles. The van der Waals surface area contributed by atoms with Crippen molar-refractivity contribution in [3.63, 3.8) is 0 Å². The van der Waals surface area contributed by atoms with Crippen LogP contribution in [0.25, 0.3) is 0 Å². The van der Waals surface area contributed by atoms with E-state index in [0.717, 1.165) is 5.69 Å². The molecule has 1 rings (SSSR count). The number of hydrogen-bond acceptors (Lipinski definition) is 4. The standard InChI is InChI=1S/C11H22N4O/c1-9(11(2,3)4)12-7-10-8-15(5-6-16)14-13-10/h8-9,12,16H,5-7H2,1-4H3. The topological polar surface area (TPSA) is 63.0 Å². The molecule has 1 aromatic rings. The fourth-order valence-electron chi connectivity index (χ4n) is 1.20. The first-order valence-electron chi connectivity index (χ1n) is 5.66. The summed E-state index contributed by atoms with van der Waals surface area (Å²) < 4.78 is 1.65. The summed E-state index contributed by atoms with van der Waals surface area (Å²) >= 11 is 0. The molecule has 16 heavy (non-hydrogen) atoms. The molecule has 5 heteroatoms. The van der Waals surface area contributed by atoms with E-state index in [9.17, 15) is 0 Å². The molecule has 0 aliphatic rings. The average Bonchev–Trinajstić information content (AvgIpc) is 2.61. The van der Waals surface area contributed by atoms with E-state index in [1.807, 2.05) is 6.20 Å². The van der Waals surface area contributed by atoms with Crippen LogP contribution in [0.2, 0.25) is 0 Å². The SMILES string of the molecule is CC(NCc1cn(CCO)nn1)C(C)(C)C. The Morgan fingerprint density at radius 2 is 2.19 bits per heavy atom. The van der Waals surface area contributed by atoms with Gasteiger partial charge < -0.3 is 10.4 Å². The number of aliphatic hydroxyl groups is 1. The lowest BCUT2D eigenvalue weighted by Crippen LogP contribution is -2.37. The molecule has 0 bridgehead atoms. The summed E-state index contributed by atoms with van der Waals surface area (Å²) in [6.07, 6.45) is 1.86. The van der Waals surface area contributed by atoms with Gasteiger partial charge in [-0.3, -0.25) is 0 Å². The quantitative estimate of drug-likeness (QED) is 0.779. The minimum atomic E-state index is 0.0919. The highest BCUT2D eigenvalue weighted by Crippen LogP contribution is 2.18. The molecule has 0 aliphatic heterocycles. The lowest BCUT2D eigenvalue weighted by atomic mass is 9.88. The van der Waals surface area contributed by atoms with Crippen LogP contribution in [0.5, 0.6) is 0 Å². The van der Waals surface area contributed by atoms with Gasteiger partial charge in [-0.15, -0.1) is 5.10 Å². The van der Waals surface area contributed by atoms with E-state index in [1.165, 1.54) is 0 Å². The van der Waals surface area contributed by atoms with Crippen molar-refractivity contribution in [3.05, 3.63) is 11.9 Å². The zero-order valence-corrected chi connectivity index (χ0v) is 10.6. The Kier molecular flexibility index (Phi) is 4.44. The normalized spacial score (nSPS) is 14.1. The number of nitrogens with zero attached hydrogens (tertiary/aromatic N) is 3. The van der Waals surface area contributed by atoms with E-state index in [4.69, 9.17) is 5.11 Å². The van der Waals surface area contributed by atoms with Gasteiger partial charge in [0.05, 0.1) is 18.8 Å². The highest BCUT2D eigenvalue weighted by molar-refractivity contribution is 4.92. The smallest absolute Gasteiger partial charge is 0.0964 e. The molecule has 1 heterocycles. The van der Waals surface area contributed by atoms with Gasteiger partial charge in [0.1, 0.15) is 0 Å². The zero-order valence-electron chi connectivity index (χ0n) is 10.6. The van der Waals surface area contributed by atoms with Crippen molar-refractivity contribution < 1.29 is 5.11 Å². The van der Waals surface area contributed by atoms with E-state index in [2.05, 4.69) is 43.3 Å². The molecule has 0 aliphatic carbocycles. The molecule has 0 saturated carbocycles. The van der Waals surface area contributed by atoms with Gasteiger partial charge in [-0.1, -0.05) is 26.0 Å². The van der Waals surface area contributed by atoms with Gasteiger partial charge in [0.25, 0.3) is 0 Å². The van der Waals surface area contributed by atoms with E-state index in [-0.39, 0.29) is 12.0 Å². The Morgan fingerprint density at radius 1 is 1.50 bits per heavy atom. The number of aromatic nitrogens is 3. The summed E-state index contributed by atoms with van der Waals surface area (Å²) in [7, 11) is 0. The minimum absolute atomic E-state index is 0.0919. The van der Waals surface area contributed by atoms with Crippen molar-refractivity contribution >= 4 is 0 Å². The summed E-state index contributed by atoms with van der Waals surface area (Å²) in [4.78, 5) is 0. The molecule has 92 valence electrons. The lowest BCUT2D eigenvalue weighted by molar-refractivity contribution is 0.268. The third-order valence-corrected chi connectivity index (χ3v) is 2.80. The molecule has 0 radical (unpaired) electrons. The highest BCUT2D eigenvalue weighted by atomic mass is 16.3. The van der Waals surface area contributed by atoms with Crippen LogP contribution in [-0.4, -0.2) is 32.7 Å². The van der Waals surface area contributed by atoms with Crippen LogP contribution in [0.3, 0.4) is 0 Å². The summed E-state index contributed by atoms with van der Waals surface area (Å²) in [5.41, 5.74) is 1.14. The van der Waals surface area contributed by atoms with Crippen molar-refractivity contribution in [2.45, 2.75) is 46.8 Å². The average molecular weight is 226 g/mol. The summed E-state index contributed by atoms with van der Waals surface area (Å²) in [6.45, 7) is 10.1. The molecule has 2 N–H and O–H groups in total. The Hall–Kier alpha value is -0.940. The largest absolute Gasteiger partial charge is 0.394 e. The summed E-state index contributed by atoms with van der Waals surface area (Å²) in [5, 5.41) is 20.1. The van der Waals surface area contributed by atoms with Crippen LogP contribution in [0.15, 0.2) is 6.20 Å². The van der Waals surface area contributed by atoms with Crippen molar-refractivity contribution in [2.75, 3.05) is 6.61 Å². The predicted octanol–water partition coefficient (Wildman–Crippen LogP) is 0.795. The fraction of sp³-hybridized carbons (Fsp3) is 0.818. The number of nitrogens with one attached hydrogen (secondary N) is 1. The van der Waals surface area contributed by atoms with Gasteiger partial charge in [-0.25, -0.2) is 4.68 Å². The third kappa shape index (κ3) is 3.90. The van der Waals surface area contributed by atoms with E-state index < -0.39 is 0 Å². The monoisotopic (exact) mass is 226 g/mol. The van der Waals surface area contributed by atoms with Crippen LogP contribution in [-0.2, 0) is 13.1 Å². The Labute approximate surface area is 96.9 Å². The second kappa shape index (κ2) is 5.41. The first-order valence-corrected chi connectivity index (χ1v) is 5.66. The van der Waals surface area contributed by atoms with Crippen molar-refractivity contribution in [1.29, 1.82) is 0 Å². The van der Waals surface area contributed by atoms with Gasteiger partial charge in [-0.2, -0.15) is 0 Å². The Morgan fingerprint density at radius 3 is 2.75 bits per heavy atom. The van der Waals surface area contributed by atoms with E-state index in [1.54, 1.807) is 4.68 Å². The van der Waals surface area contributed by atoms with E-state index in [0.29, 0.717) is 19.1 Å². The van der Waals surface area contributed by atoms with Gasteiger partial charge in [-0.05, 0) is 12.3 Å². The van der Waals surface area contributed by atoms with Crippen LogP contribution in [0, 0.1) is 5.41 Å². The molecular weight excluding hydrogens is 204 g/mol. The number of hydrogen-bond donors (Lipinski definition) is 2. The molecule has 5 nitrogen and oxygen atoms in total. The van der Waals surface area contributed by atoms with Crippen LogP contribution in [0.1, 0.15) is 33.4 Å². The van der Waals surface area contributed by atoms with Crippen molar-refractivity contribution in [2.24, 2.45) is 5.41 Å². The molecule has 0 spiro atoms. The lowest BCUT2D eigenvalue weighted by Gasteiger charge is -2.27. The number of rotatable bonds is 5. The van der Waals surface area contributed by atoms with Gasteiger partial charge >= 0.3 is 0 Å². The molecule has 1 atom stereocenters. The Balaban J connectivity index is 2.42. The highest BCUT2D eigenvalue weighted by Gasteiger charge is 2.19. The Bertz CT molecular complexity index is 316. The summed E-state index contributed by atoms with van der Waals surface area (Å²) in [6, 6.07) is 0.412. The second-order valence-electron chi connectivity index (χ2n) is 5.17. The maximum Gasteiger partial charge on any atom is 0.0964 e. The van der Waals surface area contributed by atoms with Gasteiger partial charge in [0.15, 0.2) is 0 Å². The summed E-state index contributed by atoms with van der Waals surface area (Å²) in [5.74, 6) is 0. The molecule has 0 amide bonds. The first-order chi connectivity index (χ1) is 7.43. The predicted molar refractivity (Wildman–Crippen MR) is 62.9 cm³/mol. The molecule has 0 saturated heterocycles. The molecule has 1 unspecified atom stereocenters. The minimum Gasteiger partial charge on any atom is -0.394 e. The van der Waals surface area contributed by atoms with Gasteiger partial charge in [0, 0.05) is 18.8 Å².